The summed E-state index contributed by atoms with van der Waals surface area (Å²) in [5.41, 5.74) is 1.52. The van der Waals surface area contributed by atoms with E-state index in [4.69, 9.17) is 4.74 Å². The van der Waals surface area contributed by atoms with Gasteiger partial charge >= 0.3 is 5.97 Å². The van der Waals surface area contributed by atoms with Crippen LogP contribution < -0.4 is 10.1 Å². The third-order valence-electron chi connectivity index (χ3n) is 3.92. The van der Waals surface area contributed by atoms with Gasteiger partial charge in [0, 0.05) is 17.2 Å². The number of ketones is 1. The van der Waals surface area contributed by atoms with Crippen molar-refractivity contribution in [3.05, 3.63) is 59.7 Å². The van der Waals surface area contributed by atoms with Crippen molar-refractivity contribution >= 4 is 23.3 Å². The second kappa shape index (κ2) is 8.98. The van der Waals surface area contributed by atoms with Crippen LogP contribution in [0.3, 0.4) is 0 Å². The predicted molar refractivity (Wildman–Crippen MR) is 102 cm³/mol. The highest BCUT2D eigenvalue weighted by molar-refractivity contribution is 6.00. The van der Waals surface area contributed by atoms with Crippen molar-refractivity contribution in [3.8, 4) is 5.75 Å². The first kappa shape index (κ1) is 20.2. The SMILES string of the molecule is COC(=O)c1ccc(O[C@H](C)C(=O)c2ccc(NC(=O)C(C)C)cc2)cc1. The lowest BCUT2D eigenvalue weighted by Gasteiger charge is -2.14. The molecule has 6 nitrogen and oxygen atoms in total. The Balaban J connectivity index is 2.00. The molecule has 0 bridgehead atoms. The average molecular weight is 369 g/mol. The molecule has 0 heterocycles. The van der Waals surface area contributed by atoms with Crippen molar-refractivity contribution in [1.29, 1.82) is 0 Å². The zero-order chi connectivity index (χ0) is 20.0. The maximum absolute atomic E-state index is 12.5. The van der Waals surface area contributed by atoms with Crippen LogP contribution >= 0.6 is 0 Å². The van der Waals surface area contributed by atoms with Crippen LogP contribution in [-0.4, -0.2) is 30.9 Å². The second-order valence-electron chi connectivity index (χ2n) is 6.36. The minimum absolute atomic E-state index is 0.0822. The molecule has 1 N–H and O–H groups in total. The van der Waals surface area contributed by atoms with E-state index in [0.29, 0.717) is 22.6 Å². The van der Waals surface area contributed by atoms with E-state index in [-0.39, 0.29) is 17.6 Å². The van der Waals surface area contributed by atoms with Crippen LogP contribution in [0, 0.1) is 5.92 Å². The Morgan fingerprint density at radius 3 is 1.93 bits per heavy atom. The number of rotatable bonds is 7. The summed E-state index contributed by atoms with van der Waals surface area (Å²) >= 11 is 0. The van der Waals surface area contributed by atoms with Crippen molar-refractivity contribution < 1.29 is 23.9 Å². The quantitative estimate of drug-likeness (QED) is 0.594. The van der Waals surface area contributed by atoms with Crippen LogP contribution in [0.1, 0.15) is 41.5 Å². The molecule has 0 aliphatic heterocycles. The van der Waals surface area contributed by atoms with Crippen molar-refractivity contribution in [2.75, 3.05) is 12.4 Å². The summed E-state index contributed by atoms with van der Waals surface area (Å²) in [5.74, 6) is -0.347. The third kappa shape index (κ3) is 5.41. The maximum Gasteiger partial charge on any atom is 0.337 e. The van der Waals surface area contributed by atoms with Crippen LogP contribution in [-0.2, 0) is 9.53 Å². The number of Topliss-reactive ketones (excluding diaryl/α,β-unsaturated/α-hetero) is 1. The molecule has 0 radical (unpaired) electrons. The fourth-order valence-electron chi connectivity index (χ4n) is 2.28. The molecule has 0 aliphatic rings. The van der Waals surface area contributed by atoms with E-state index in [0.717, 1.165) is 0 Å². The Morgan fingerprint density at radius 1 is 0.852 bits per heavy atom. The highest BCUT2D eigenvalue weighted by atomic mass is 16.5. The van der Waals surface area contributed by atoms with Crippen molar-refractivity contribution in [1.82, 2.24) is 0 Å². The fourth-order valence-corrected chi connectivity index (χ4v) is 2.28. The van der Waals surface area contributed by atoms with E-state index in [1.54, 1.807) is 55.5 Å². The van der Waals surface area contributed by atoms with E-state index < -0.39 is 12.1 Å². The standard InChI is InChI=1S/C21H23NO5/c1-13(2)20(24)22-17-9-5-15(6-10-17)19(23)14(3)27-18-11-7-16(8-12-18)21(25)26-4/h5-14H,1-4H3,(H,22,24)/t14-/m1/s1. The molecule has 0 unspecified atom stereocenters. The van der Waals surface area contributed by atoms with Gasteiger partial charge in [-0.2, -0.15) is 0 Å². The largest absolute Gasteiger partial charge is 0.483 e. The lowest BCUT2D eigenvalue weighted by Crippen LogP contribution is -2.24. The highest BCUT2D eigenvalue weighted by Crippen LogP contribution is 2.18. The normalized spacial score (nSPS) is 11.6. The van der Waals surface area contributed by atoms with Gasteiger partial charge in [-0.1, -0.05) is 13.8 Å². The number of methoxy groups -OCH3 is 1. The molecular weight excluding hydrogens is 346 g/mol. The summed E-state index contributed by atoms with van der Waals surface area (Å²) < 4.78 is 10.3. The Labute approximate surface area is 158 Å². The molecule has 0 aliphatic carbocycles. The molecule has 27 heavy (non-hydrogen) atoms. The van der Waals surface area contributed by atoms with Crippen molar-refractivity contribution in [3.63, 3.8) is 0 Å². The molecular formula is C21H23NO5. The minimum Gasteiger partial charge on any atom is -0.483 e. The maximum atomic E-state index is 12.5. The molecule has 1 amide bonds. The molecule has 2 aromatic rings. The second-order valence-corrected chi connectivity index (χ2v) is 6.36. The molecule has 1 atom stereocenters. The summed E-state index contributed by atoms with van der Waals surface area (Å²) in [6.07, 6.45) is -0.704. The van der Waals surface area contributed by atoms with Gasteiger partial charge in [-0.25, -0.2) is 4.79 Å². The fraction of sp³-hybridized carbons (Fsp3) is 0.286. The summed E-state index contributed by atoms with van der Waals surface area (Å²) in [6, 6.07) is 13.0. The van der Waals surface area contributed by atoms with Gasteiger partial charge in [0.25, 0.3) is 0 Å². The average Bonchev–Trinajstić information content (AvgIpc) is 2.67. The lowest BCUT2D eigenvalue weighted by atomic mass is 10.1. The molecule has 0 spiro atoms. The van der Waals surface area contributed by atoms with Gasteiger partial charge in [0.2, 0.25) is 11.7 Å². The molecule has 6 heteroatoms. The highest BCUT2D eigenvalue weighted by Gasteiger charge is 2.17. The zero-order valence-corrected chi connectivity index (χ0v) is 15.8. The third-order valence-corrected chi connectivity index (χ3v) is 3.92. The number of anilines is 1. The van der Waals surface area contributed by atoms with Gasteiger partial charge in [-0.15, -0.1) is 0 Å². The van der Waals surface area contributed by atoms with Gasteiger partial charge in [0.15, 0.2) is 6.10 Å². The smallest absolute Gasteiger partial charge is 0.337 e. The first-order valence-electron chi connectivity index (χ1n) is 8.62. The number of ether oxygens (including phenoxy) is 2. The van der Waals surface area contributed by atoms with Crippen LogP contribution in [0.4, 0.5) is 5.69 Å². The summed E-state index contributed by atoms with van der Waals surface area (Å²) in [5, 5.41) is 2.78. The number of benzene rings is 2. The van der Waals surface area contributed by atoms with Gasteiger partial charge < -0.3 is 14.8 Å². The molecule has 0 fully saturated rings. The molecule has 0 saturated heterocycles. The number of carbonyl (C=O) groups excluding carboxylic acids is 3. The summed E-state index contributed by atoms with van der Waals surface area (Å²) in [7, 11) is 1.31. The Bertz CT molecular complexity index is 809. The summed E-state index contributed by atoms with van der Waals surface area (Å²) in [4.78, 5) is 35.7. The Kier molecular flexibility index (Phi) is 6.71. The Hall–Kier alpha value is -3.15. The van der Waals surface area contributed by atoms with Crippen LogP contribution in [0.2, 0.25) is 0 Å². The number of hydrogen-bond acceptors (Lipinski definition) is 5. The van der Waals surface area contributed by atoms with Gasteiger partial charge in [-0.05, 0) is 55.5 Å². The number of amides is 1. The van der Waals surface area contributed by atoms with E-state index in [2.05, 4.69) is 10.1 Å². The molecule has 0 saturated carbocycles. The molecule has 2 rings (SSSR count). The first-order valence-corrected chi connectivity index (χ1v) is 8.62. The molecule has 142 valence electrons. The van der Waals surface area contributed by atoms with E-state index in [9.17, 15) is 14.4 Å². The van der Waals surface area contributed by atoms with Crippen molar-refractivity contribution in [2.45, 2.75) is 26.9 Å². The molecule has 0 aromatic heterocycles. The molecule has 2 aromatic carbocycles. The van der Waals surface area contributed by atoms with Crippen LogP contribution in [0.5, 0.6) is 5.75 Å². The predicted octanol–water partition coefficient (Wildman–Crippen LogP) is 3.72. The number of hydrogen-bond donors (Lipinski definition) is 1. The van der Waals surface area contributed by atoms with Crippen LogP contribution in [0.15, 0.2) is 48.5 Å². The topological polar surface area (TPSA) is 81.7 Å². The van der Waals surface area contributed by atoms with Gasteiger partial charge in [-0.3, -0.25) is 9.59 Å². The van der Waals surface area contributed by atoms with Gasteiger partial charge in [0.1, 0.15) is 5.75 Å². The number of nitrogens with one attached hydrogen (secondary N) is 1. The van der Waals surface area contributed by atoms with E-state index in [1.165, 1.54) is 7.11 Å². The number of esters is 1. The number of carbonyl (C=O) groups is 3. The van der Waals surface area contributed by atoms with Crippen molar-refractivity contribution in [2.24, 2.45) is 5.92 Å². The monoisotopic (exact) mass is 369 g/mol. The zero-order valence-electron chi connectivity index (χ0n) is 15.8. The van der Waals surface area contributed by atoms with Crippen LogP contribution in [0.25, 0.3) is 0 Å². The summed E-state index contributed by atoms with van der Waals surface area (Å²) in [6.45, 7) is 5.28. The first-order chi connectivity index (χ1) is 12.8. The Morgan fingerprint density at radius 2 is 1.41 bits per heavy atom. The lowest BCUT2D eigenvalue weighted by molar-refractivity contribution is -0.118. The van der Waals surface area contributed by atoms with E-state index in [1.807, 2.05) is 13.8 Å². The minimum atomic E-state index is -0.704. The van der Waals surface area contributed by atoms with Gasteiger partial charge in [0.05, 0.1) is 12.7 Å². The van der Waals surface area contributed by atoms with E-state index >= 15 is 0 Å².